The average Bonchev–Trinajstić information content (AvgIpc) is 2.69. The lowest BCUT2D eigenvalue weighted by Gasteiger charge is -2.33. The lowest BCUT2D eigenvalue weighted by molar-refractivity contribution is 0.0956. The first kappa shape index (κ1) is 19.2. The second-order valence-corrected chi connectivity index (χ2v) is 8.10. The molecule has 1 aliphatic rings. The summed E-state index contributed by atoms with van der Waals surface area (Å²) in [5.41, 5.74) is 0.283. The van der Waals surface area contributed by atoms with Crippen LogP contribution in [0.3, 0.4) is 0 Å². The normalized spacial score (nSPS) is 15.5. The van der Waals surface area contributed by atoms with E-state index >= 15 is 0 Å². The number of hydrogen-bond donors (Lipinski definition) is 1. The largest absolute Gasteiger partial charge is 0.351 e. The minimum Gasteiger partial charge on any atom is -0.351 e. The quantitative estimate of drug-likeness (QED) is 0.768. The number of halogens is 1. The second kappa shape index (κ2) is 8.40. The Morgan fingerprint density at radius 2 is 1.70 bits per heavy atom. The van der Waals surface area contributed by atoms with Crippen molar-refractivity contribution in [3.05, 3.63) is 54.1 Å². The van der Waals surface area contributed by atoms with E-state index in [4.69, 9.17) is 0 Å². The van der Waals surface area contributed by atoms with E-state index in [0.29, 0.717) is 32.1 Å². The summed E-state index contributed by atoms with van der Waals surface area (Å²) in [5.74, 6) is -0.478. The number of aromatic nitrogens is 2. The number of carbonyl (C=O) groups is 1. The summed E-state index contributed by atoms with van der Waals surface area (Å²) in [6, 6.07) is 6.79. The average molecular weight is 393 g/mol. The van der Waals surface area contributed by atoms with E-state index in [9.17, 15) is 17.6 Å². The molecule has 0 atom stereocenters. The van der Waals surface area contributed by atoms with E-state index in [1.54, 1.807) is 18.5 Å². The molecular weight excluding hydrogens is 373 g/mol. The molecule has 1 aromatic heterocycles. The molecule has 1 fully saturated rings. The van der Waals surface area contributed by atoms with Crippen LogP contribution in [0.15, 0.2) is 42.7 Å². The molecule has 0 unspecified atom stereocenters. The number of hydrogen-bond acceptors (Lipinski definition) is 6. The lowest BCUT2D eigenvalue weighted by atomic mass is 10.2. The van der Waals surface area contributed by atoms with Gasteiger partial charge < -0.3 is 10.2 Å². The van der Waals surface area contributed by atoms with Gasteiger partial charge in [0.05, 0.1) is 5.75 Å². The van der Waals surface area contributed by atoms with Gasteiger partial charge in [-0.05, 0) is 30.3 Å². The Balaban J connectivity index is 1.47. The number of anilines is 1. The van der Waals surface area contributed by atoms with E-state index in [2.05, 4.69) is 15.3 Å². The molecule has 10 heteroatoms. The fourth-order valence-corrected chi connectivity index (χ4v) is 4.08. The van der Waals surface area contributed by atoms with Crippen molar-refractivity contribution in [1.82, 2.24) is 19.6 Å². The minimum atomic E-state index is -3.48. The molecule has 1 saturated heterocycles. The molecule has 1 amide bonds. The summed E-state index contributed by atoms with van der Waals surface area (Å²) in [5, 5.41) is 2.55. The maximum atomic E-state index is 12.9. The zero-order valence-corrected chi connectivity index (χ0v) is 15.4. The Bertz CT molecular complexity index is 869. The molecule has 27 heavy (non-hydrogen) atoms. The molecule has 0 saturated carbocycles. The van der Waals surface area contributed by atoms with Crippen LogP contribution < -0.4 is 10.2 Å². The molecule has 2 aromatic rings. The van der Waals surface area contributed by atoms with E-state index in [1.807, 2.05) is 4.90 Å². The zero-order valence-electron chi connectivity index (χ0n) is 14.6. The van der Waals surface area contributed by atoms with Crippen LogP contribution in [0.1, 0.15) is 10.4 Å². The molecule has 8 nitrogen and oxygen atoms in total. The van der Waals surface area contributed by atoms with Gasteiger partial charge >= 0.3 is 0 Å². The molecule has 1 N–H and O–H groups in total. The number of rotatable bonds is 6. The molecular formula is C17H20FN5O3S. The summed E-state index contributed by atoms with van der Waals surface area (Å²) in [6.45, 7) is 1.68. The molecule has 0 radical (unpaired) electrons. The fourth-order valence-electron chi connectivity index (χ4n) is 2.75. The van der Waals surface area contributed by atoms with Crippen LogP contribution in [-0.2, 0) is 10.0 Å². The van der Waals surface area contributed by atoms with E-state index in [-0.39, 0.29) is 17.9 Å². The van der Waals surface area contributed by atoms with Gasteiger partial charge in [-0.1, -0.05) is 0 Å². The summed E-state index contributed by atoms with van der Waals surface area (Å²) < 4.78 is 39.2. The van der Waals surface area contributed by atoms with Gasteiger partial charge in [-0.2, -0.15) is 4.31 Å². The standard InChI is InChI=1S/C17H20FN5O3S/c18-15-4-2-14(3-5-15)16(24)19-8-13-27(25,26)23-11-9-22(10-12-23)17-20-6-1-7-21-17/h1-7H,8-13H2,(H,19,24). The third-order valence-electron chi connectivity index (χ3n) is 4.22. The number of benzene rings is 1. The Labute approximate surface area is 157 Å². The van der Waals surface area contributed by atoms with Crippen LogP contribution in [0, 0.1) is 5.82 Å². The van der Waals surface area contributed by atoms with Gasteiger partial charge in [0.1, 0.15) is 5.82 Å². The molecule has 1 aliphatic heterocycles. The molecule has 0 aliphatic carbocycles. The zero-order chi connectivity index (χ0) is 19.3. The van der Waals surface area contributed by atoms with Crippen molar-refractivity contribution in [1.29, 1.82) is 0 Å². The number of carbonyl (C=O) groups excluding carboxylic acids is 1. The van der Waals surface area contributed by atoms with Gasteiger partial charge in [-0.15, -0.1) is 0 Å². The van der Waals surface area contributed by atoms with Crippen LogP contribution in [0.2, 0.25) is 0 Å². The van der Waals surface area contributed by atoms with Crippen molar-refractivity contribution in [3.8, 4) is 0 Å². The van der Waals surface area contributed by atoms with Crippen molar-refractivity contribution in [2.45, 2.75) is 0 Å². The highest BCUT2D eigenvalue weighted by Gasteiger charge is 2.27. The number of sulfonamides is 1. The van der Waals surface area contributed by atoms with Crippen LogP contribution in [0.5, 0.6) is 0 Å². The van der Waals surface area contributed by atoms with Crippen molar-refractivity contribution >= 4 is 21.9 Å². The van der Waals surface area contributed by atoms with Gasteiger partial charge in [0.15, 0.2) is 0 Å². The van der Waals surface area contributed by atoms with E-state index in [0.717, 1.165) is 0 Å². The monoisotopic (exact) mass is 393 g/mol. The van der Waals surface area contributed by atoms with Crippen LogP contribution >= 0.6 is 0 Å². The molecule has 2 heterocycles. The molecule has 3 rings (SSSR count). The minimum absolute atomic E-state index is 0.0133. The maximum absolute atomic E-state index is 12.9. The van der Waals surface area contributed by atoms with Gasteiger partial charge in [-0.3, -0.25) is 4.79 Å². The van der Waals surface area contributed by atoms with Crippen LogP contribution in [-0.4, -0.2) is 67.1 Å². The van der Waals surface area contributed by atoms with Crippen molar-refractivity contribution < 1.29 is 17.6 Å². The third-order valence-corrected chi connectivity index (χ3v) is 6.09. The number of nitrogens with one attached hydrogen (secondary N) is 1. The Morgan fingerprint density at radius 1 is 1.07 bits per heavy atom. The van der Waals surface area contributed by atoms with E-state index < -0.39 is 21.7 Å². The highest BCUT2D eigenvalue weighted by molar-refractivity contribution is 7.89. The summed E-state index contributed by atoms with van der Waals surface area (Å²) in [6.07, 6.45) is 3.30. The molecule has 1 aromatic carbocycles. The first-order valence-electron chi connectivity index (χ1n) is 8.49. The summed E-state index contributed by atoms with van der Waals surface area (Å²) >= 11 is 0. The first-order valence-corrected chi connectivity index (χ1v) is 10.1. The maximum Gasteiger partial charge on any atom is 0.251 e. The van der Waals surface area contributed by atoms with Crippen LogP contribution in [0.4, 0.5) is 10.3 Å². The van der Waals surface area contributed by atoms with Gasteiger partial charge in [-0.25, -0.2) is 22.8 Å². The summed E-state index contributed by atoms with van der Waals surface area (Å²) in [7, 11) is -3.48. The predicted molar refractivity (Wildman–Crippen MR) is 98.3 cm³/mol. The number of amides is 1. The topological polar surface area (TPSA) is 95.5 Å². The highest BCUT2D eigenvalue weighted by Crippen LogP contribution is 2.12. The molecule has 0 spiro atoms. The Kier molecular flexibility index (Phi) is 5.97. The number of nitrogens with zero attached hydrogens (tertiary/aromatic N) is 4. The van der Waals surface area contributed by atoms with Gasteiger partial charge in [0.25, 0.3) is 5.91 Å². The van der Waals surface area contributed by atoms with Crippen LogP contribution in [0.25, 0.3) is 0 Å². The molecule has 0 bridgehead atoms. The van der Waals surface area contributed by atoms with Gasteiger partial charge in [0, 0.05) is 50.7 Å². The third kappa shape index (κ3) is 4.98. The Hall–Kier alpha value is -2.59. The van der Waals surface area contributed by atoms with E-state index in [1.165, 1.54) is 28.6 Å². The van der Waals surface area contributed by atoms with Crippen molar-refractivity contribution in [2.75, 3.05) is 43.4 Å². The predicted octanol–water partition coefficient (Wildman–Crippen LogP) is 0.498. The molecule has 144 valence electrons. The summed E-state index contributed by atoms with van der Waals surface area (Å²) in [4.78, 5) is 22.2. The highest BCUT2D eigenvalue weighted by atomic mass is 32.2. The first-order chi connectivity index (χ1) is 13.0. The van der Waals surface area contributed by atoms with Crippen molar-refractivity contribution in [3.63, 3.8) is 0 Å². The second-order valence-electron chi connectivity index (χ2n) is 6.01. The van der Waals surface area contributed by atoms with Crippen molar-refractivity contribution in [2.24, 2.45) is 0 Å². The number of piperazine rings is 1. The fraction of sp³-hybridized carbons (Fsp3) is 0.353. The SMILES string of the molecule is O=C(NCCS(=O)(=O)N1CCN(c2ncccn2)CC1)c1ccc(F)cc1. The lowest BCUT2D eigenvalue weighted by Crippen LogP contribution is -2.50. The van der Waals surface area contributed by atoms with Gasteiger partial charge in [0.2, 0.25) is 16.0 Å². The smallest absolute Gasteiger partial charge is 0.251 e. The Morgan fingerprint density at radius 3 is 2.33 bits per heavy atom.